The van der Waals surface area contributed by atoms with Crippen molar-refractivity contribution in [3.05, 3.63) is 29.6 Å². The predicted octanol–water partition coefficient (Wildman–Crippen LogP) is 3.26. The van der Waals surface area contributed by atoms with Gasteiger partial charge >= 0.3 is 0 Å². The van der Waals surface area contributed by atoms with E-state index in [0.717, 1.165) is 18.7 Å². The van der Waals surface area contributed by atoms with Gasteiger partial charge in [-0.05, 0) is 37.5 Å². The molecule has 0 bridgehead atoms. The molecule has 1 saturated carbocycles. The number of morpholine rings is 1. The van der Waals surface area contributed by atoms with E-state index < -0.39 is 0 Å². The largest absolute Gasteiger partial charge is 0.378 e. The van der Waals surface area contributed by atoms with Gasteiger partial charge in [0.15, 0.2) is 0 Å². The molecule has 1 N–H and O–H groups in total. The minimum absolute atomic E-state index is 0.116. The average Bonchev–Trinajstić information content (AvgIpc) is 3.01. The Morgan fingerprint density at radius 1 is 1.24 bits per heavy atom. The van der Waals surface area contributed by atoms with Crippen LogP contribution in [0, 0.1) is 5.82 Å². The molecule has 0 aromatic heterocycles. The van der Waals surface area contributed by atoms with Crippen LogP contribution in [0.1, 0.15) is 44.2 Å². The van der Waals surface area contributed by atoms with Crippen LogP contribution < -0.4 is 10.2 Å². The second-order valence-corrected chi connectivity index (χ2v) is 6.18. The molecule has 1 aliphatic heterocycles. The van der Waals surface area contributed by atoms with Gasteiger partial charge in [0.05, 0.1) is 18.9 Å². The first-order valence-corrected chi connectivity index (χ1v) is 8.12. The number of nitrogens with zero attached hydrogens (tertiary/aromatic N) is 1. The van der Waals surface area contributed by atoms with Crippen molar-refractivity contribution in [2.24, 2.45) is 0 Å². The van der Waals surface area contributed by atoms with Crippen molar-refractivity contribution in [1.82, 2.24) is 5.32 Å². The molecule has 1 aromatic carbocycles. The number of hydrogen-bond donors (Lipinski definition) is 1. The fraction of sp³-hybridized carbons (Fsp3) is 0.647. The Hall–Kier alpha value is -1.13. The van der Waals surface area contributed by atoms with Crippen LogP contribution >= 0.6 is 0 Å². The third-order valence-electron chi connectivity index (χ3n) is 4.66. The van der Waals surface area contributed by atoms with Crippen LogP contribution in [0.5, 0.6) is 0 Å². The molecule has 1 atom stereocenters. The Labute approximate surface area is 126 Å². The zero-order chi connectivity index (χ0) is 14.7. The lowest BCUT2D eigenvalue weighted by molar-refractivity contribution is 0.122. The van der Waals surface area contributed by atoms with Gasteiger partial charge in [0.1, 0.15) is 5.82 Å². The molecule has 4 heteroatoms. The Morgan fingerprint density at radius 2 is 1.95 bits per heavy atom. The van der Waals surface area contributed by atoms with E-state index in [1.54, 1.807) is 6.07 Å². The van der Waals surface area contributed by atoms with E-state index in [1.165, 1.54) is 25.7 Å². The highest BCUT2D eigenvalue weighted by Gasteiger charge is 2.20. The quantitative estimate of drug-likeness (QED) is 0.922. The summed E-state index contributed by atoms with van der Waals surface area (Å²) in [7, 11) is 0. The van der Waals surface area contributed by atoms with E-state index in [4.69, 9.17) is 4.74 Å². The van der Waals surface area contributed by atoms with Crippen LogP contribution in [0.2, 0.25) is 0 Å². The zero-order valence-corrected chi connectivity index (χ0v) is 12.8. The summed E-state index contributed by atoms with van der Waals surface area (Å²) in [5.74, 6) is -0.116. The van der Waals surface area contributed by atoms with Crippen molar-refractivity contribution >= 4 is 5.69 Å². The molecule has 0 unspecified atom stereocenters. The van der Waals surface area contributed by atoms with E-state index in [0.29, 0.717) is 24.9 Å². The van der Waals surface area contributed by atoms with Gasteiger partial charge in [0.2, 0.25) is 0 Å². The molecule has 1 aromatic rings. The summed E-state index contributed by atoms with van der Waals surface area (Å²) < 4.78 is 19.7. The molecule has 1 aliphatic carbocycles. The lowest BCUT2D eigenvalue weighted by atomic mass is 10.1. The van der Waals surface area contributed by atoms with E-state index in [9.17, 15) is 4.39 Å². The van der Waals surface area contributed by atoms with Crippen molar-refractivity contribution < 1.29 is 9.13 Å². The maximum atomic E-state index is 14.4. The highest BCUT2D eigenvalue weighted by Crippen LogP contribution is 2.26. The minimum atomic E-state index is -0.116. The third-order valence-corrected chi connectivity index (χ3v) is 4.66. The Balaban J connectivity index is 1.67. The first-order valence-electron chi connectivity index (χ1n) is 8.12. The number of rotatable bonds is 4. The maximum Gasteiger partial charge on any atom is 0.146 e. The highest BCUT2D eigenvalue weighted by atomic mass is 19.1. The van der Waals surface area contributed by atoms with E-state index >= 15 is 0 Å². The van der Waals surface area contributed by atoms with Gasteiger partial charge in [-0.1, -0.05) is 18.9 Å². The van der Waals surface area contributed by atoms with Gasteiger partial charge in [0.25, 0.3) is 0 Å². The first kappa shape index (κ1) is 14.8. The highest BCUT2D eigenvalue weighted by molar-refractivity contribution is 5.49. The van der Waals surface area contributed by atoms with Crippen molar-refractivity contribution in [1.29, 1.82) is 0 Å². The Morgan fingerprint density at radius 3 is 2.62 bits per heavy atom. The molecule has 1 saturated heterocycles. The molecule has 0 amide bonds. The van der Waals surface area contributed by atoms with Gasteiger partial charge in [-0.25, -0.2) is 4.39 Å². The third kappa shape index (κ3) is 3.55. The SMILES string of the molecule is C[C@@H](NC1CCCC1)c1ccc(N2CCOCC2)c(F)c1. The molecule has 0 spiro atoms. The van der Waals surface area contributed by atoms with E-state index in [1.807, 2.05) is 6.07 Å². The lowest BCUT2D eigenvalue weighted by Gasteiger charge is -2.29. The molecule has 2 aliphatic rings. The van der Waals surface area contributed by atoms with Gasteiger partial charge < -0.3 is 15.0 Å². The number of benzene rings is 1. The summed E-state index contributed by atoms with van der Waals surface area (Å²) in [4.78, 5) is 2.07. The molecule has 2 fully saturated rings. The van der Waals surface area contributed by atoms with E-state index in [-0.39, 0.29) is 11.9 Å². The number of ether oxygens (including phenoxy) is 1. The number of hydrogen-bond acceptors (Lipinski definition) is 3. The van der Waals surface area contributed by atoms with Gasteiger partial charge in [-0.2, -0.15) is 0 Å². The van der Waals surface area contributed by atoms with Crippen molar-refractivity contribution in [3.63, 3.8) is 0 Å². The summed E-state index contributed by atoms with van der Waals surface area (Å²) in [5.41, 5.74) is 1.74. The summed E-state index contributed by atoms with van der Waals surface area (Å²) >= 11 is 0. The second-order valence-electron chi connectivity index (χ2n) is 6.18. The molecule has 21 heavy (non-hydrogen) atoms. The fourth-order valence-electron chi connectivity index (χ4n) is 3.40. The fourth-order valence-corrected chi connectivity index (χ4v) is 3.40. The zero-order valence-electron chi connectivity index (χ0n) is 12.8. The van der Waals surface area contributed by atoms with Crippen molar-refractivity contribution in [3.8, 4) is 0 Å². The van der Waals surface area contributed by atoms with Crippen LogP contribution in [-0.2, 0) is 4.74 Å². The topological polar surface area (TPSA) is 24.5 Å². The van der Waals surface area contributed by atoms with Crippen LogP contribution in [0.15, 0.2) is 18.2 Å². The number of halogens is 1. The predicted molar refractivity (Wildman–Crippen MR) is 83.2 cm³/mol. The molecular weight excluding hydrogens is 267 g/mol. The van der Waals surface area contributed by atoms with Gasteiger partial charge in [-0.15, -0.1) is 0 Å². The van der Waals surface area contributed by atoms with Crippen LogP contribution in [-0.4, -0.2) is 32.3 Å². The molecule has 3 nitrogen and oxygen atoms in total. The van der Waals surface area contributed by atoms with Gasteiger partial charge in [-0.3, -0.25) is 0 Å². The number of nitrogens with one attached hydrogen (secondary N) is 1. The van der Waals surface area contributed by atoms with Crippen LogP contribution in [0.3, 0.4) is 0 Å². The standard InChI is InChI=1S/C17H25FN2O/c1-13(19-15-4-2-3-5-15)14-6-7-17(16(18)12-14)20-8-10-21-11-9-20/h6-7,12-13,15,19H,2-5,8-11H2,1H3/t13-/m1/s1. The monoisotopic (exact) mass is 292 g/mol. The maximum absolute atomic E-state index is 14.4. The molecule has 3 rings (SSSR count). The lowest BCUT2D eigenvalue weighted by Crippen LogP contribution is -2.36. The molecule has 0 radical (unpaired) electrons. The van der Waals surface area contributed by atoms with Crippen LogP contribution in [0.25, 0.3) is 0 Å². The first-order chi connectivity index (χ1) is 10.2. The normalized spacial score (nSPS) is 21.7. The minimum Gasteiger partial charge on any atom is -0.378 e. The van der Waals surface area contributed by atoms with Gasteiger partial charge in [0, 0.05) is 25.2 Å². The smallest absolute Gasteiger partial charge is 0.146 e. The average molecular weight is 292 g/mol. The summed E-state index contributed by atoms with van der Waals surface area (Å²) in [6.07, 6.45) is 5.13. The van der Waals surface area contributed by atoms with Crippen molar-refractivity contribution in [2.75, 3.05) is 31.2 Å². The summed E-state index contributed by atoms with van der Waals surface area (Å²) in [6.45, 7) is 5.03. The summed E-state index contributed by atoms with van der Waals surface area (Å²) in [5, 5.41) is 3.62. The Bertz CT molecular complexity index is 468. The second kappa shape index (κ2) is 6.75. The number of anilines is 1. The van der Waals surface area contributed by atoms with Crippen LogP contribution in [0.4, 0.5) is 10.1 Å². The van der Waals surface area contributed by atoms with Crippen molar-refractivity contribution in [2.45, 2.75) is 44.7 Å². The molecule has 1 heterocycles. The molecule has 116 valence electrons. The van der Waals surface area contributed by atoms with E-state index in [2.05, 4.69) is 23.2 Å². The Kier molecular flexibility index (Phi) is 4.76. The molecular formula is C17H25FN2O. The summed E-state index contributed by atoms with van der Waals surface area (Å²) in [6, 6.07) is 6.48.